The van der Waals surface area contributed by atoms with Crippen LogP contribution in [0.15, 0.2) is 53.9 Å². The van der Waals surface area contributed by atoms with Crippen molar-refractivity contribution in [3.8, 4) is 11.5 Å². The number of hydrogen-bond donors (Lipinski definition) is 3. The average Bonchev–Trinajstić information content (AvgIpc) is 3.45. The molecule has 3 N–H and O–H groups in total. The highest BCUT2D eigenvalue weighted by Crippen LogP contribution is 2.33. The highest BCUT2D eigenvalue weighted by Gasteiger charge is 2.34. The second kappa shape index (κ2) is 13.6. The van der Waals surface area contributed by atoms with Gasteiger partial charge in [-0.25, -0.2) is 14.6 Å². The smallest absolute Gasteiger partial charge is 0.408 e. The van der Waals surface area contributed by atoms with Crippen molar-refractivity contribution in [2.24, 2.45) is 0 Å². The van der Waals surface area contributed by atoms with Gasteiger partial charge in [0.1, 0.15) is 30.9 Å². The molecule has 0 saturated heterocycles. The van der Waals surface area contributed by atoms with E-state index in [4.69, 9.17) is 14.2 Å². The lowest BCUT2D eigenvalue weighted by Crippen LogP contribution is -2.51. The van der Waals surface area contributed by atoms with Crippen molar-refractivity contribution in [1.29, 1.82) is 0 Å². The molecular formula is C30H34N4O8S. The lowest BCUT2D eigenvalue weighted by molar-refractivity contribution is -0.128. The van der Waals surface area contributed by atoms with Crippen LogP contribution in [0.2, 0.25) is 0 Å². The highest BCUT2D eigenvalue weighted by molar-refractivity contribution is 7.14. The normalized spacial score (nSPS) is 14.4. The summed E-state index contributed by atoms with van der Waals surface area (Å²) < 4.78 is 21.4. The molecule has 0 saturated carbocycles. The molecular weight excluding hydrogens is 576 g/mol. The molecule has 0 spiro atoms. The zero-order valence-electron chi connectivity index (χ0n) is 24.5. The molecule has 1 aliphatic rings. The van der Waals surface area contributed by atoms with Gasteiger partial charge in [0.05, 0.1) is 7.11 Å². The number of carbonyl (C=O) groups is 4. The topological polar surface area (TPSA) is 154 Å². The highest BCUT2D eigenvalue weighted by atomic mass is 32.1. The van der Waals surface area contributed by atoms with E-state index in [2.05, 4.69) is 25.7 Å². The van der Waals surface area contributed by atoms with Crippen molar-refractivity contribution in [2.45, 2.75) is 51.3 Å². The SMILES string of the molecule is COC(=O)c1csc(NC(=O)[C@@H](NC(=O)C(NC(=O)OC(C)(C)C)c2ccc3c(c2)OCCO3)[C@@H](C)c2ccccc2)n1. The zero-order valence-corrected chi connectivity index (χ0v) is 25.3. The molecule has 0 radical (unpaired) electrons. The van der Waals surface area contributed by atoms with Crippen LogP contribution in [0.4, 0.5) is 9.93 Å². The summed E-state index contributed by atoms with van der Waals surface area (Å²) >= 11 is 1.04. The van der Waals surface area contributed by atoms with Crippen LogP contribution in [0.25, 0.3) is 0 Å². The van der Waals surface area contributed by atoms with Crippen molar-refractivity contribution in [3.63, 3.8) is 0 Å². The van der Waals surface area contributed by atoms with Crippen molar-refractivity contribution < 1.29 is 38.1 Å². The molecule has 0 fully saturated rings. The van der Waals surface area contributed by atoms with Crippen LogP contribution in [0, 0.1) is 0 Å². The fourth-order valence-corrected chi connectivity index (χ4v) is 4.96. The number of amides is 3. The zero-order chi connectivity index (χ0) is 31.1. The van der Waals surface area contributed by atoms with Gasteiger partial charge in [-0.2, -0.15) is 0 Å². The third-order valence-corrected chi connectivity index (χ3v) is 7.11. The summed E-state index contributed by atoms with van der Waals surface area (Å²) in [7, 11) is 1.23. The number of ether oxygens (including phenoxy) is 4. The van der Waals surface area contributed by atoms with Crippen LogP contribution in [0.1, 0.15) is 61.3 Å². The molecule has 228 valence electrons. The van der Waals surface area contributed by atoms with E-state index >= 15 is 0 Å². The van der Waals surface area contributed by atoms with Gasteiger partial charge < -0.3 is 34.9 Å². The number of anilines is 1. The Bertz CT molecular complexity index is 1470. The van der Waals surface area contributed by atoms with Gasteiger partial charge in [-0.15, -0.1) is 11.3 Å². The van der Waals surface area contributed by atoms with Crippen LogP contribution in [-0.4, -0.2) is 60.8 Å². The number of benzene rings is 2. The number of aromatic nitrogens is 1. The number of fused-ring (bicyclic) bond motifs is 1. The molecule has 43 heavy (non-hydrogen) atoms. The van der Waals surface area contributed by atoms with Crippen LogP contribution >= 0.6 is 11.3 Å². The summed E-state index contributed by atoms with van der Waals surface area (Å²) in [4.78, 5) is 56.4. The number of thiazole rings is 1. The predicted molar refractivity (Wildman–Crippen MR) is 158 cm³/mol. The Morgan fingerprint density at radius 1 is 0.930 bits per heavy atom. The van der Waals surface area contributed by atoms with Gasteiger partial charge in [0, 0.05) is 11.3 Å². The fourth-order valence-electron chi connectivity index (χ4n) is 4.28. The summed E-state index contributed by atoms with van der Waals surface area (Å²) in [6, 6.07) is 11.7. The van der Waals surface area contributed by atoms with Crippen LogP contribution in [-0.2, 0) is 19.1 Å². The molecule has 3 amide bonds. The molecule has 2 heterocycles. The third kappa shape index (κ3) is 8.22. The first-order chi connectivity index (χ1) is 20.4. The van der Waals surface area contributed by atoms with Crippen molar-refractivity contribution in [3.05, 3.63) is 70.7 Å². The number of alkyl carbamates (subject to hydrolysis) is 1. The Balaban J connectivity index is 1.64. The summed E-state index contributed by atoms with van der Waals surface area (Å²) in [6.45, 7) is 7.63. The third-order valence-electron chi connectivity index (χ3n) is 6.36. The molecule has 3 aromatic rings. The largest absolute Gasteiger partial charge is 0.486 e. The van der Waals surface area contributed by atoms with Crippen molar-refractivity contribution >= 4 is 40.3 Å². The molecule has 0 bridgehead atoms. The maximum atomic E-state index is 13.9. The summed E-state index contributed by atoms with van der Waals surface area (Å²) in [5, 5.41) is 9.74. The van der Waals surface area contributed by atoms with Crippen molar-refractivity contribution in [2.75, 3.05) is 25.6 Å². The second-order valence-corrected chi connectivity index (χ2v) is 11.5. The predicted octanol–water partition coefficient (Wildman–Crippen LogP) is 4.19. The first-order valence-electron chi connectivity index (χ1n) is 13.5. The number of hydrogen-bond acceptors (Lipinski definition) is 10. The Kier molecular flexibility index (Phi) is 9.86. The maximum absolute atomic E-state index is 13.9. The summed E-state index contributed by atoms with van der Waals surface area (Å²) in [5.74, 6) is -1.46. The van der Waals surface area contributed by atoms with Gasteiger partial charge in [-0.3, -0.25) is 9.59 Å². The van der Waals surface area contributed by atoms with E-state index in [9.17, 15) is 19.2 Å². The number of nitrogens with zero attached hydrogens (tertiary/aromatic N) is 1. The number of rotatable bonds is 9. The molecule has 4 rings (SSSR count). The minimum atomic E-state index is -1.25. The van der Waals surface area contributed by atoms with Gasteiger partial charge in [-0.1, -0.05) is 43.3 Å². The number of carbonyl (C=O) groups excluding carboxylic acids is 4. The first-order valence-corrected chi connectivity index (χ1v) is 14.4. The second-order valence-electron chi connectivity index (χ2n) is 10.7. The molecule has 1 aromatic heterocycles. The van der Waals surface area contributed by atoms with E-state index in [0.29, 0.717) is 30.3 Å². The Hall–Kier alpha value is -4.65. The quantitative estimate of drug-likeness (QED) is 0.303. The standard InChI is InChI=1S/C30H34N4O8S/c1-17(18-9-7-6-8-10-18)23(25(35)34-28-31-20(16-43-28)27(37)39-5)32-26(36)24(33-29(38)42-30(2,3)4)19-11-12-21-22(15-19)41-14-13-40-21/h6-12,15-17,23-24H,13-14H2,1-5H3,(H,32,36)(H,33,38)(H,31,34,35)/t17-,23-,24?/m0/s1. The Morgan fingerprint density at radius 3 is 2.30 bits per heavy atom. The first kappa shape index (κ1) is 31.3. The van der Waals surface area contributed by atoms with Crippen molar-refractivity contribution in [1.82, 2.24) is 15.6 Å². The molecule has 1 aliphatic heterocycles. The fraction of sp³-hybridized carbons (Fsp3) is 0.367. The molecule has 1 unspecified atom stereocenters. The van der Waals surface area contributed by atoms with Gasteiger partial charge in [-0.05, 0) is 44.0 Å². The van der Waals surface area contributed by atoms with Gasteiger partial charge >= 0.3 is 12.1 Å². The van der Waals surface area contributed by atoms with E-state index in [1.165, 1.54) is 12.5 Å². The minimum Gasteiger partial charge on any atom is -0.486 e. The van der Waals surface area contributed by atoms with E-state index in [1.807, 2.05) is 30.3 Å². The molecule has 2 aromatic carbocycles. The van der Waals surface area contributed by atoms with Gasteiger partial charge in [0.15, 0.2) is 22.3 Å². The number of nitrogens with one attached hydrogen (secondary N) is 3. The van der Waals surface area contributed by atoms with Crippen LogP contribution < -0.4 is 25.4 Å². The molecule has 0 aliphatic carbocycles. The summed E-state index contributed by atoms with van der Waals surface area (Å²) in [5.41, 5.74) is 0.397. The number of esters is 1. The molecule has 13 heteroatoms. The minimum absolute atomic E-state index is 0.0414. The Labute approximate surface area is 253 Å². The van der Waals surface area contributed by atoms with Crippen LogP contribution in [0.3, 0.4) is 0 Å². The van der Waals surface area contributed by atoms with E-state index < -0.39 is 47.5 Å². The molecule has 12 nitrogen and oxygen atoms in total. The van der Waals surface area contributed by atoms with Gasteiger partial charge in [0.2, 0.25) is 11.8 Å². The monoisotopic (exact) mass is 610 g/mol. The summed E-state index contributed by atoms with van der Waals surface area (Å²) in [6.07, 6.45) is -0.822. The lowest BCUT2D eigenvalue weighted by Gasteiger charge is -2.28. The van der Waals surface area contributed by atoms with Gasteiger partial charge in [0.25, 0.3) is 0 Å². The van der Waals surface area contributed by atoms with E-state index in [0.717, 1.165) is 16.9 Å². The van der Waals surface area contributed by atoms with Crippen LogP contribution in [0.5, 0.6) is 11.5 Å². The molecule has 3 atom stereocenters. The Morgan fingerprint density at radius 2 is 1.63 bits per heavy atom. The van der Waals surface area contributed by atoms with E-state index in [-0.39, 0.29) is 10.8 Å². The van der Waals surface area contributed by atoms with E-state index in [1.54, 1.807) is 45.9 Å². The maximum Gasteiger partial charge on any atom is 0.408 e. The average molecular weight is 611 g/mol. The lowest BCUT2D eigenvalue weighted by atomic mass is 9.92. The number of methoxy groups -OCH3 is 1.